The highest BCUT2D eigenvalue weighted by Crippen LogP contribution is 2.34. The van der Waals surface area contributed by atoms with Crippen LogP contribution in [0.5, 0.6) is 0 Å². The predicted octanol–water partition coefficient (Wildman–Crippen LogP) is 4.62. The van der Waals surface area contributed by atoms with Crippen LogP contribution in [-0.2, 0) is 0 Å². The van der Waals surface area contributed by atoms with Crippen molar-refractivity contribution in [1.29, 1.82) is 0 Å². The van der Waals surface area contributed by atoms with E-state index >= 15 is 0 Å². The Morgan fingerprint density at radius 1 is 1.38 bits per heavy atom. The summed E-state index contributed by atoms with van der Waals surface area (Å²) < 4.78 is 0. The first kappa shape index (κ1) is 16.3. The Morgan fingerprint density at radius 2 is 2.24 bits per heavy atom. The van der Waals surface area contributed by atoms with Gasteiger partial charge in [0.1, 0.15) is 5.82 Å². The molecule has 0 amide bonds. The standard InChI is InChI=1S/C18H31N3/c1-4-6-13-21-14-8-7-11-17(21)16-10-9-12-19-18(16)20-15(3)5-2/h9-10,12,15,17H,4-8,11,13-14H2,1-3H3,(H,19,20)/t15-,17-/m1/s1. The first-order valence-corrected chi connectivity index (χ1v) is 8.71. The second-order valence-corrected chi connectivity index (χ2v) is 6.30. The quantitative estimate of drug-likeness (QED) is 0.794. The zero-order chi connectivity index (χ0) is 15.1. The van der Waals surface area contributed by atoms with Gasteiger partial charge in [-0.05, 0) is 51.8 Å². The predicted molar refractivity (Wildman–Crippen MR) is 90.7 cm³/mol. The van der Waals surface area contributed by atoms with Gasteiger partial charge in [0.15, 0.2) is 0 Å². The molecular formula is C18H31N3. The van der Waals surface area contributed by atoms with Crippen molar-refractivity contribution in [3.05, 3.63) is 23.9 Å². The summed E-state index contributed by atoms with van der Waals surface area (Å²) in [5.41, 5.74) is 1.40. The smallest absolute Gasteiger partial charge is 0.130 e. The van der Waals surface area contributed by atoms with Crippen molar-refractivity contribution < 1.29 is 0 Å². The van der Waals surface area contributed by atoms with Gasteiger partial charge in [0.05, 0.1) is 0 Å². The lowest BCUT2D eigenvalue weighted by Crippen LogP contribution is -2.35. The van der Waals surface area contributed by atoms with E-state index in [4.69, 9.17) is 0 Å². The average molecular weight is 289 g/mol. The van der Waals surface area contributed by atoms with Crippen LogP contribution < -0.4 is 5.32 Å². The summed E-state index contributed by atoms with van der Waals surface area (Å²) in [5, 5.41) is 3.60. The number of nitrogens with zero attached hydrogens (tertiary/aromatic N) is 2. The molecule has 0 aliphatic carbocycles. The SMILES string of the molecule is CCCCN1CCCC[C@@H]1c1cccnc1N[C@H](C)CC. The van der Waals surface area contributed by atoms with Crippen LogP contribution in [0.1, 0.15) is 70.9 Å². The Kier molecular flexibility index (Phi) is 6.50. The molecule has 1 aliphatic rings. The van der Waals surface area contributed by atoms with E-state index in [0.29, 0.717) is 12.1 Å². The van der Waals surface area contributed by atoms with E-state index in [-0.39, 0.29) is 0 Å². The largest absolute Gasteiger partial charge is 0.367 e. The van der Waals surface area contributed by atoms with Gasteiger partial charge in [-0.25, -0.2) is 4.98 Å². The number of hydrogen-bond donors (Lipinski definition) is 1. The van der Waals surface area contributed by atoms with Gasteiger partial charge in [0.2, 0.25) is 0 Å². The van der Waals surface area contributed by atoms with Crippen molar-refractivity contribution in [2.24, 2.45) is 0 Å². The molecule has 3 nitrogen and oxygen atoms in total. The van der Waals surface area contributed by atoms with Crippen LogP contribution in [0.3, 0.4) is 0 Å². The summed E-state index contributed by atoms with van der Waals surface area (Å²) >= 11 is 0. The van der Waals surface area contributed by atoms with Gasteiger partial charge in [-0.1, -0.05) is 32.8 Å². The molecule has 2 rings (SSSR count). The first-order valence-electron chi connectivity index (χ1n) is 8.71. The molecule has 0 spiro atoms. The number of anilines is 1. The molecule has 1 aliphatic heterocycles. The van der Waals surface area contributed by atoms with Gasteiger partial charge in [0, 0.05) is 23.8 Å². The Morgan fingerprint density at radius 3 is 3.00 bits per heavy atom. The van der Waals surface area contributed by atoms with E-state index in [9.17, 15) is 0 Å². The Balaban J connectivity index is 2.17. The topological polar surface area (TPSA) is 28.2 Å². The van der Waals surface area contributed by atoms with E-state index in [1.807, 2.05) is 6.20 Å². The summed E-state index contributed by atoms with van der Waals surface area (Å²) in [7, 11) is 0. The number of hydrogen-bond acceptors (Lipinski definition) is 3. The Hall–Kier alpha value is -1.09. The van der Waals surface area contributed by atoms with Crippen molar-refractivity contribution in [2.45, 2.75) is 71.4 Å². The zero-order valence-corrected chi connectivity index (χ0v) is 13.9. The van der Waals surface area contributed by atoms with Crippen molar-refractivity contribution in [3.63, 3.8) is 0 Å². The van der Waals surface area contributed by atoms with Crippen LogP contribution in [0.2, 0.25) is 0 Å². The minimum absolute atomic E-state index is 0.478. The summed E-state index contributed by atoms with van der Waals surface area (Å²) in [6.45, 7) is 9.18. The van der Waals surface area contributed by atoms with Crippen LogP contribution in [0.25, 0.3) is 0 Å². The fourth-order valence-electron chi connectivity index (χ4n) is 3.11. The molecular weight excluding hydrogens is 258 g/mol. The Bertz CT molecular complexity index is 419. The van der Waals surface area contributed by atoms with Gasteiger partial charge in [-0.15, -0.1) is 0 Å². The summed E-state index contributed by atoms with van der Waals surface area (Å²) in [6.07, 6.45) is 9.55. The van der Waals surface area contributed by atoms with E-state index in [1.54, 1.807) is 0 Å². The molecule has 1 N–H and O–H groups in total. The zero-order valence-electron chi connectivity index (χ0n) is 13.9. The molecule has 21 heavy (non-hydrogen) atoms. The fourth-order valence-corrected chi connectivity index (χ4v) is 3.11. The summed E-state index contributed by atoms with van der Waals surface area (Å²) in [6, 6.07) is 5.38. The average Bonchev–Trinajstić information content (AvgIpc) is 2.53. The van der Waals surface area contributed by atoms with Crippen LogP contribution >= 0.6 is 0 Å². The lowest BCUT2D eigenvalue weighted by Gasteiger charge is -2.37. The highest BCUT2D eigenvalue weighted by atomic mass is 15.2. The van der Waals surface area contributed by atoms with Gasteiger partial charge >= 0.3 is 0 Å². The second kappa shape index (κ2) is 8.38. The number of piperidine rings is 1. The number of nitrogens with one attached hydrogen (secondary N) is 1. The molecule has 1 saturated heterocycles. The summed E-state index contributed by atoms with van der Waals surface area (Å²) in [5.74, 6) is 1.10. The van der Waals surface area contributed by atoms with E-state index < -0.39 is 0 Å². The van der Waals surface area contributed by atoms with Crippen molar-refractivity contribution in [2.75, 3.05) is 18.4 Å². The van der Waals surface area contributed by atoms with E-state index in [0.717, 1.165) is 12.2 Å². The number of likely N-dealkylation sites (tertiary alicyclic amines) is 1. The van der Waals surface area contributed by atoms with Gasteiger partial charge in [-0.3, -0.25) is 4.90 Å². The molecule has 0 bridgehead atoms. The molecule has 2 atom stereocenters. The fraction of sp³-hybridized carbons (Fsp3) is 0.722. The Labute approximate surface area is 130 Å². The van der Waals surface area contributed by atoms with Crippen molar-refractivity contribution >= 4 is 5.82 Å². The third-order valence-electron chi connectivity index (χ3n) is 4.61. The van der Waals surface area contributed by atoms with Gasteiger partial charge in [-0.2, -0.15) is 0 Å². The maximum atomic E-state index is 4.62. The molecule has 0 saturated carbocycles. The monoisotopic (exact) mass is 289 g/mol. The van der Waals surface area contributed by atoms with E-state index in [2.05, 4.69) is 48.1 Å². The molecule has 0 radical (unpaired) electrons. The molecule has 2 heterocycles. The van der Waals surface area contributed by atoms with Crippen LogP contribution in [-0.4, -0.2) is 29.0 Å². The van der Waals surface area contributed by atoms with E-state index in [1.165, 1.54) is 50.8 Å². The summed E-state index contributed by atoms with van der Waals surface area (Å²) in [4.78, 5) is 7.29. The number of unbranched alkanes of at least 4 members (excludes halogenated alkanes) is 1. The number of aromatic nitrogens is 1. The third kappa shape index (κ3) is 4.44. The molecule has 1 fully saturated rings. The first-order chi connectivity index (χ1) is 10.3. The minimum atomic E-state index is 0.478. The normalized spacial score (nSPS) is 21.2. The molecule has 3 heteroatoms. The molecule has 0 unspecified atom stereocenters. The van der Waals surface area contributed by atoms with Crippen LogP contribution in [0.4, 0.5) is 5.82 Å². The lowest BCUT2D eigenvalue weighted by molar-refractivity contribution is 0.147. The minimum Gasteiger partial charge on any atom is -0.367 e. The maximum Gasteiger partial charge on any atom is 0.130 e. The molecule has 118 valence electrons. The highest BCUT2D eigenvalue weighted by molar-refractivity contribution is 5.46. The van der Waals surface area contributed by atoms with Crippen molar-refractivity contribution in [1.82, 2.24) is 9.88 Å². The molecule has 1 aromatic heterocycles. The number of rotatable bonds is 7. The highest BCUT2D eigenvalue weighted by Gasteiger charge is 2.26. The van der Waals surface area contributed by atoms with Crippen LogP contribution in [0.15, 0.2) is 18.3 Å². The third-order valence-corrected chi connectivity index (χ3v) is 4.61. The molecule has 0 aromatic carbocycles. The second-order valence-electron chi connectivity index (χ2n) is 6.30. The number of pyridine rings is 1. The van der Waals surface area contributed by atoms with Gasteiger partial charge in [0.25, 0.3) is 0 Å². The van der Waals surface area contributed by atoms with Crippen molar-refractivity contribution in [3.8, 4) is 0 Å². The van der Waals surface area contributed by atoms with Gasteiger partial charge < -0.3 is 5.32 Å². The lowest BCUT2D eigenvalue weighted by atomic mass is 9.95. The molecule has 1 aromatic rings. The van der Waals surface area contributed by atoms with Crippen LogP contribution in [0, 0.1) is 0 Å². The maximum absolute atomic E-state index is 4.62.